The molecule has 6 heteroatoms. The van der Waals surface area contributed by atoms with Gasteiger partial charge in [0.2, 0.25) is 5.95 Å². The van der Waals surface area contributed by atoms with Crippen LogP contribution in [0.25, 0.3) is 16.3 Å². The van der Waals surface area contributed by atoms with E-state index in [4.69, 9.17) is 0 Å². The molecule has 0 spiro atoms. The summed E-state index contributed by atoms with van der Waals surface area (Å²) in [4.78, 5) is 11.9. The summed E-state index contributed by atoms with van der Waals surface area (Å²) < 4.78 is 14.4. The van der Waals surface area contributed by atoms with Crippen LogP contribution >= 0.6 is 11.3 Å². The fourth-order valence-electron chi connectivity index (χ4n) is 2.99. The SMILES string of the molecule is C=C1NCCc2nc(-c3ccc(N4CCCC4)nc3F)sc21. The number of pyridine rings is 1. The molecule has 2 aliphatic heterocycles. The van der Waals surface area contributed by atoms with Crippen LogP contribution in [-0.4, -0.2) is 29.6 Å². The number of aromatic nitrogens is 2. The zero-order valence-electron chi connectivity index (χ0n) is 12.2. The van der Waals surface area contributed by atoms with Crippen molar-refractivity contribution < 1.29 is 4.39 Å². The number of hydrogen-bond donors (Lipinski definition) is 1. The van der Waals surface area contributed by atoms with Crippen LogP contribution in [0, 0.1) is 5.95 Å². The summed E-state index contributed by atoms with van der Waals surface area (Å²) in [5.41, 5.74) is 2.37. The second-order valence-electron chi connectivity index (χ2n) is 5.65. The molecule has 1 saturated heterocycles. The second kappa shape index (κ2) is 5.35. The van der Waals surface area contributed by atoms with Gasteiger partial charge in [-0.15, -0.1) is 11.3 Å². The van der Waals surface area contributed by atoms with Gasteiger partial charge in [0.1, 0.15) is 10.8 Å². The molecule has 2 aliphatic rings. The number of nitrogens with one attached hydrogen (secondary N) is 1. The first-order chi connectivity index (χ1) is 10.7. The molecular formula is C16H17FN4S. The molecule has 1 fully saturated rings. The molecule has 0 atom stereocenters. The Morgan fingerprint density at radius 2 is 2.05 bits per heavy atom. The molecule has 2 aromatic heterocycles. The van der Waals surface area contributed by atoms with Crippen molar-refractivity contribution in [1.82, 2.24) is 15.3 Å². The fraction of sp³-hybridized carbons (Fsp3) is 0.375. The van der Waals surface area contributed by atoms with Gasteiger partial charge in [-0.1, -0.05) is 6.58 Å². The molecule has 2 aromatic rings. The lowest BCUT2D eigenvalue weighted by molar-refractivity contribution is 0.586. The first kappa shape index (κ1) is 13.7. The number of hydrogen-bond acceptors (Lipinski definition) is 5. The number of thiazole rings is 1. The Balaban J connectivity index is 1.69. The second-order valence-corrected chi connectivity index (χ2v) is 6.65. The normalized spacial score (nSPS) is 17.5. The molecule has 1 N–H and O–H groups in total. The molecule has 0 amide bonds. The Morgan fingerprint density at radius 1 is 1.23 bits per heavy atom. The number of halogens is 1. The molecule has 114 valence electrons. The van der Waals surface area contributed by atoms with E-state index in [0.29, 0.717) is 10.6 Å². The molecule has 0 saturated carbocycles. The summed E-state index contributed by atoms with van der Waals surface area (Å²) in [6.45, 7) is 6.75. The van der Waals surface area contributed by atoms with Crippen molar-refractivity contribution >= 4 is 22.9 Å². The van der Waals surface area contributed by atoms with E-state index in [1.165, 1.54) is 11.3 Å². The number of nitrogens with zero attached hydrogens (tertiary/aromatic N) is 3. The van der Waals surface area contributed by atoms with Gasteiger partial charge >= 0.3 is 0 Å². The molecule has 4 rings (SSSR count). The maximum Gasteiger partial charge on any atom is 0.225 e. The van der Waals surface area contributed by atoms with Crippen molar-refractivity contribution in [3.63, 3.8) is 0 Å². The van der Waals surface area contributed by atoms with Gasteiger partial charge in [-0.3, -0.25) is 0 Å². The third-order valence-corrected chi connectivity index (χ3v) is 5.36. The van der Waals surface area contributed by atoms with Crippen LogP contribution in [0.3, 0.4) is 0 Å². The highest BCUT2D eigenvalue weighted by atomic mass is 32.1. The molecule has 22 heavy (non-hydrogen) atoms. The van der Waals surface area contributed by atoms with Crippen LogP contribution in [0.15, 0.2) is 18.7 Å². The van der Waals surface area contributed by atoms with Gasteiger partial charge in [-0.2, -0.15) is 4.39 Å². The summed E-state index contributed by atoms with van der Waals surface area (Å²) in [6, 6.07) is 3.70. The van der Waals surface area contributed by atoms with Crippen LogP contribution in [0.1, 0.15) is 23.4 Å². The lowest BCUT2D eigenvalue weighted by Gasteiger charge is -2.16. The topological polar surface area (TPSA) is 41.1 Å². The molecule has 0 radical (unpaired) electrons. The third kappa shape index (κ3) is 2.27. The lowest BCUT2D eigenvalue weighted by atomic mass is 10.2. The largest absolute Gasteiger partial charge is 0.384 e. The highest BCUT2D eigenvalue weighted by Crippen LogP contribution is 2.34. The van der Waals surface area contributed by atoms with E-state index in [9.17, 15) is 4.39 Å². The Bertz CT molecular complexity index is 734. The Kier molecular flexibility index (Phi) is 3.33. The molecular weight excluding hydrogens is 299 g/mol. The fourth-order valence-corrected chi connectivity index (χ4v) is 4.06. The third-order valence-electron chi connectivity index (χ3n) is 4.17. The Morgan fingerprint density at radius 3 is 2.77 bits per heavy atom. The van der Waals surface area contributed by atoms with Crippen molar-refractivity contribution in [2.24, 2.45) is 0 Å². The highest BCUT2D eigenvalue weighted by molar-refractivity contribution is 7.16. The minimum absolute atomic E-state index is 0.436. The first-order valence-electron chi connectivity index (χ1n) is 7.57. The van der Waals surface area contributed by atoms with Crippen molar-refractivity contribution in [3.05, 3.63) is 35.2 Å². The average molecular weight is 316 g/mol. The lowest BCUT2D eigenvalue weighted by Crippen LogP contribution is -2.20. The van der Waals surface area contributed by atoms with Gasteiger partial charge in [0.15, 0.2) is 0 Å². The molecule has 0 aliphatic carbocycles. The summed E-state index contributed by atoms with van der Waals surface area (Å²) in [5.74, 6) is 0.292. The van der Waals surface area contributed by atoms with Gasteiger partial charge in [-0.25, -0.2) is 9.97 Å². The standard InChI is InChI=1S/C16H17FN4S/c1-10-14-12(6-7-18-10)19-16(22-14)11-4-5-13(20-15(11)17)21-8-2-3-9-21/h4-5,18H,1-3,6-9H2. The molecule has 0 aromatic carbocycles. The Labute approximate surface area is 132 Å². The molecule has 0 unspecified atom stereocenters. The van der Waals surface area contributed by atoms with E-state index >= 15 is 0 Å². The van der Waals surface area contributed by atoms with E-state index in [-0.39, 0.29) is 0 Å². The molecule has 0 bridgehead atoms. The molecule has 4 heterocycles. The summed E-state index contributed by atoms with van der Waals surface area (Å²) in [7, 11) is 0. The van der Waals surface area contributed by atoms with Crippen LogP contribution in [0.5, 0.6) is 0 Å². The van der Waals surface area contributed by atoms with Crippen molar-refractivity contribution in [1.29, 1.82) is 0 Å². The monoisotopic (exact) mass is 316 g/mol. The van der Waals surface area contributed by atoms with Gasteiger partial charge in [-0.05, 0) is 25.0 Å². The van der Waals surface area contributed by atoms with Crippen LogP contribution in [0.4, 0.5) is 10.2 Å². The van der Waals surface area contributed by atoms with E-state index < -0.39 is 5.95 Å². The predicted octanol–water partition coefficient (Wildman–Crippen LogP) is 3.06. The maximum absolute atomic E-state index is 14.4. The minimum Gasteiger partial charge on any atom is -0.384 e. The van der Waals surface area contributed by atoms with E-state index in [0.717, 1.165) is 61.0 Å². The number of anilines is 1. The van der Waals surface area contributed by atoms with Crippen molar-refractivity contribution in [2.75, 3.05) is 24.5 Å². The van der Waals surface area contributed by atoms with Gasteiger partial charge in [0, 0.05) is 31.8 Å². The first-order valence-corrected chi connectivity index (χ1v) is 8.39. The number of fused-ring (bicyclic) bond motifs is 1. The van der Waals surface area contributed by atoms with E-state index in [1.807, 2.05) is 6.07 Å². The highest BCUT2D eigenvalue weighted by Gasteiger charge is 2.21. The van der Waals surface area contributed by atoms with Gasteiger partial charge in [0.05, 0.1) is 16.1 Å². The maximum atomic E-state index is 14.4. The van der Waals surface area contributed by atoms with Crippen LogP contribution in [0.2, 0.25) is 0 Å². The zero-order chi connectivity index (χ0) is 15.1. The summed E-state index contributed by atoms with van der Waals surface area (Å²) >= 11 is 1.48. The molecule has 4 nitrogen and oxygen atoms in total. The van der Waals surface area contributed by atoms with Gasteiger partial charge < -0.3 is 10.2 Å². The smallest absolute Gasteiger partial charge is 0.225 e. The Hall–Kier alpha value is -1.95. The number of rotatable bonds is 2. The van der Waals surface area contributed by atoms with E-state index in [1.54, 1.807) is 6.07 Å². The van der Waals surface area contributed by atoms with Crippen LogP contribution in [-0.2, 0) is 6.42 Å². The zero-order valence-corrected chi connectivity index (χ0v) is 13.0. The van der Waals surface area contributed by atoms with E-state index in [2.05, 4.69) is 26.8 Å². The van der Waals surface area contributed by atoms with Crippen LogP contribution < -0.4 is 10.2 Å². The van der Waals surface area contributed by atoms with Gasteiger partial charge in [0.25, 0.3) is 0 Å². The summed E-state index contributed by atoms with van der Waals surface area (Å²) in [5, 5.41) is 3.91. The average Bonchev–Trinajstić information content (AvgIpc) is 3.17. The minimum atomic E-state index is -0.436. The van der Waals surface area contributed by atoms with Crippen molar-refractivity contribution in [3.8, 4) is 10.6 Å². The van der Waals surface area contributed by atoms with Crippen molar-refractivity contribution in [2.45, 2.75) is 19.3 Å². The summed E-state index contributed by atoms with van der Waals surface area (Å²) in [6.07, 6.45) is 3.16. The quantitative estimate of drug-likeness (QED) is 0.865. The predicted molar refractivity (Wildman–Crippen MR) is 87.5 cm³/mol.